The summed E-state index contributed by atoms with van der Waals surface area (Å²) in [5.41, 5.74) is -1.41. The lowest BCUT2D eigenvalue weighted by atomic mass is 10.0. The molecule has 0 radical (unpaired) electrons. The maximum Gasteiger partial charge on any atom is 0.226 e. The Bertz CT molecular complexity index is 400. The molecule has 0 spiro atoms. The van der Waals surface area contributed by atoms with E-state index in [1.807, 2.05) is 4.72 Å². The van der Waals surface area contributed by atoms with E-state index in [1.54, 1.807) is 6.92 Å². The van der Waals surface area contributed by atoms with Crippen molar-refractivity contribution in [3.8, 4) is 0 Å². The van der Waals surface area contributed by atoms with Gasteiger partial charge in [-0.25, -0.2) is 21.6 Å². The summed E-state index contributed by atoms with van der Waals surface area (Å²) in [7, 11) is -7.78. The van der Waals surface area contributed by atoms with Crippen LogP contribution in [0.5, 0.6) is 0 Å². The Morgan fingerprint density at radius 2 is 1.56 bits per heavy atom. The van der Waals surface area contributed by atoms with Crippen LogP contribution in [0, 0.1) is 0 Å². The lowest BCUT2D eigenvalue weighted by Crippen LogP contribution is -2.54. The number of hydrogen-bond acceptors (Lipinski definition) is 6. The number of sulfone groups is 1. The molecule has 0 amide bonds. The van der Waals surface area contributed by atoms with Crippen molar-refractivity contribution in [2.75, 3.05) is 24.6 Å². The van der Waals surface area contributed by atoms with E-state index in [1.165, 1.54) is 0 Å². The van der Waals surface area contributed by atoms with Gasteiger partial charge in [0.15, 0.2) is 14.9 Å². The Hall–Kier alpha value is -0.220. The van der Waals surface area contributed by atoms with Crippen LogP contribution in [0.15, 0.2) is 0 Å². The van der Waals surface area contributed by atoms with Crippen LogP contribution < -0.4 is 4.72 Å². The van der Waals surface area contributed by atoms with Crippen molar-refractivity contribution >= 4 is 19.9 Å². The normalized spacial score (nSPS) is 14.0. The molecule has 0 aromatic heterocycles. The van der Waals surface area contributed by atoms with Crippen molar-refractivity contribution in [1.29, 1.82) is 0 Å². The van der Waals surface area contributed by atoms with E-state index in [2.05, 4.69) is 0 Å². The van der Waals surface area contributed by atoms with Gasteiger partial charge < -0.3 is 10.2 Å². The molecule has 0 aromatic carbocycles. The average Bonchev–Trinajstić information content (AvgIpc) is 2.10. The molecule has 0 unspecified atom stereocenters. The number of nitrogens with one attached hydrogen (secondary N) is 1. The van der Waals surface area contributed by atoms with Gasteiger partial charge in [-0.15, -0.1) is 0 Å². The standard InChI is InChI=1S/C7H17NO6S2/c1-3-7(4-9,5-10)8-16(13,14)6-15(2,11)12/h8-10H,3-6H2,1-2H3. The van der Waals surface area contributed by atoms with Crippen LogP contribution in [-0.2, 0) is 19.9 Å². The Labute approximate surface area is 95.5 Å². The first-order valence-corrected chi connectivity index (χ1v) is 8.22. The van der Waals surface area contributed by atoms with E-state index < -0.39 is 43.7 Å². The first kappa shape index (κ1) is 15.8. The monoisotopic (exact) mass is 275 g/mol. The van der Waals surface area contributed by atoms with Gasteiger partial charge in [-0.05, 0) is 6.42 Å². The second kappa shape index (κ2) is 5.41. The Morgan fingerprint density at radius 3 is 1.81 bits per heavy atom. The molecule has 0 saturated carbocycles. The minimum absolute atomic E-state index is 0.142. The highest BCUT2D eigenvalue weighted by Crippen LogP contribution is 2.11. The third-order valence-electron chi connectivity index (χ3n) is 2.02. The predicted octanol–water partition coefficient (Wildman–Crippen LogP) is -1.96. The largest absolute Gasteiger partial charge is 0.394 e. The smallest absolute Gasteiger partial charge is 0.226 e. The average molecular weight is 275 g/mol. The van der Waals surface area contributed by atoms with E-state index in [9.17, 15) is 16.8 Å². The molecule has 16 heavy (non-hydrogen) atoms. The molecule has 0 heterocycles. The summed E-state index contributed by atoms with van der Waals surface area (Å²) >= 11 is 0. The van der Waals surface area contributed by atoms with Gasteiger partial charge in [0.1, 0.15) is 0 Å². The van der Waals surface area contributed by atoms with Crippen LogP contribution in [0.1, 0.15) is 13.3 Å². The zero-order chi connectivity index (χ0) is 13.0. The molecular weight excluding hydrogens is 258 g/mol. The van der Waals surface area contributed by atoms with Gasteiger partial charge in [-0.2, -0.15) is 0 Å². The maximum absolute atomic E-state index is 11.4. The fourth-order valence-corrected chi connectivity index (χ4v) is 4.48. The highest BCUT2D eigenvalue weighted by molar-refractivity contribution is 8.06. The third kappa shape index (κ3) is 5.21. The minimum Gasteiger partial charge on any atom is -0.394 e. The summed E-state index contributed by atoms with van der Waals surface area (Å²) in [6.45, 7) is 0.349. The first-order valence-electron chi connectivity index (χ1n) is 4.51. The summed E-state index contributed by atoms with van der Waals surface area (Å²) in [5.74, 6) is 0. The number of rotatable bonds is 7. The molecule has 0 aliphatic heterocycles. The number of aliphatic hydroxyl groups is 2. The van der Waals surface area contributed by atoms with Gasteiger partial charge >= 0.3 is 0 Å². The first-order chi connectivity index (χ1) is 7.10. The molecule has 0 aromatic rings. The molecule has 0 aliphatic carbocycles. The van der Waals surface area contributed by atoms with Crippen LogP contribution in [0.25, 0.3) is 0 Å². The Morgan fingerprint density at radius 1 is 1.12 bits per heavy atom. The SMILES string of the molecule is CCC(CO)(CO)NS(=O)(=O)CS(C)(=O)=O. The third-order valence-corrected chi connectivity index (χ3v) is 5.72. The van der Waals surface area contributed by atoms with Crippen molar-refractivity contribution in [3.63, 3.8) is 0 Å². The van der Waals surface area contributed by atoms with Crippen molar-refractivity contribution in [2.24, 2.45) is 0 Å². The number of sulfonamides is 1. The van der Waals surface area contributed by atoms with Crippen LogP contribution in [0.4, 0.5) is 0 Å². The second-order valence-corrected chi connectivity index (χ2v) is 7.94. The summed E-state index contributed by atoms with van der Waals surface area (Å²) in [5, 5.41) is 16.9. The highest BCUT2D eigenvalue weighted by Gasteiger charge is 2.33. The second-order valence-electron chi connectivity index (χ2n) is 3.71. The molecule has 0 bridgehead atoms. The van der Waals surface area contributed by atoms with E-state index >= 15 is 0 Å². The van der Waals surface area contributed by atoms with Gasteiger partial charge in [0.2, 0.25) is 10.0 Å². The zero-order valence-electron chi connectivity index (χ0n) is 9.17. The topological polar surface area (TPSA) is 121 Å². The minimum atomic E-state index is -4.09. The van der Waals surface area contributed by atoms with Gasteiger partial charge in [-0.3, -0.25) is 0 Å². The lowest BCUT2D eigenvalue weighted by molar-refractivity contribution is 0.105. The quantitative estimate of drug-likeness (QED) is 0.496. The molecule has 0 atom stereocenters. The predicted molar refractivity (Wildman–Crippen MR) is 59.0 cm³/mol. The molecule has 0 rings (SSSR count). The Balaban J connectivity index is 4.95. The zero-order valence-corrected chi connectivity index (χ0v) is 10.8. The molecule has 0 fully saturated rings. The molecule has 98 valence electrons. The van der Waals surface area contributed by atoms with Crippen LogP contribution in [-0.4, -0.2) is 57.1 Å². The van der Waals surface area contributed by atoms with Crippen LogP contribution >= 0.6 is 0 Å². The van der Waals surface area contributed by atoms with Gasteiger partial charge in [0, 0.05) is 6.26 Å². The van der Waals surface area contributed by atoms with E-state index in [4.69, 9.17) is 10.2 Å². The molecule has 0 saturated heterocycles. The van der Waals surface area contributed by atoms with Crippen molar-refractivity contribution in [2.45, 2.75) is 18.9 Å². The fraction of sp³-hybridized carbons (Fsp3) is 1.00. The summed E-state index contributed by atoms with van der Waals surface area (Å²) in [6, 6.07) is 0. The van der Waals surface area contributed by atoms with Crippen molar-refractivity contribution in [1.82, 2.24) is 4.72 Å². The van der Waals surface area contributed by atoms with E-state index in [-0.39, 0.29) is 6.42 Å². The van der Waals surface area contributed by atoms with Gasteiger partial charge in [-0.1, -0.05) is 6.92 Å². The van der Waals surface area contributed by atoms with Gasteiger partial charge in [0.25, 0.3) is 0 Å². The fourth-order valence-electron chi connectivity index (χ4n) is 1.05. The molecule has 9 heteroatoms. The summed E-state index contributed by atoms with van der Waals surface area (Å²) in [4.78, 5) is 0. The van der Waals surface area contributed by atoms with Crippen LogP contribution in [0.2, 0.25) is 0 Å². The van der Waals surface area contributed by atoms with Gasteiger partial charge in [0.05, 0.1) is 18.8 Å². The Kier molecular flexibility index (Phi) is 5.33. The molecule has 0 aliphatic rings. The summed E-state index contributed by atoms with van der Waals surface area (Å²) in [6.07, 6.45) is 0.931. The van der Waals surface area contributed by atoms with Crippen molar-refractivity contribution < 1.29 is 27.0 Å². The van der Waals surface area contributed by atoms with E-state index in [0.29, 0.717) is 0 Å². The molecule has 7 nitrogen and oxygen atoms in total. The maximum atomic E-state index is 11.4. The van der Waals surface area contributed by atoms with Crippen LogP contribution in [0.3, 0.4) is 0 Å². The highest BCUT2D eigenvalue weighted by atomic mass is 32.3. The summed E-state index contributed by atoms with van der Waals surface area (Å²) < 4.78 is 46.6. The number of hydrogen-bond donors (Lipinski definition) is 3. The lowest BCUT2D eigenvalue weighted by Gasteiger charge is -2.28. The molecular formula is C7H17NO6S2. The van der Waals surface area contributed by atoms with E-state index in [0.717, 1.165) is 6.26 Å². The molecule has 3 N–H and O–H groups in total. The number of aliphatic hydroxyl groups excluding tert-OH is 2. The van der Waals surface area contributed by atoms with Crippen molar-refractivity contribution in [3.05, 3.63) is 0 Å².